The van der Waals surface area contributed by atoms with Crippen LogP contribution in [0, 0.1) is 0 Å². The fourth-order valence-corrected chi connectivity index (χ4v) is 0.0745. The predicted octanol–water partition coefficient (Wildman–Crippen LogP) is 0.186. The fourth-order valence-electron chi connectivity index (χ4n) is 0.0745. The van der Waals surface area contributed by atoms with Crippen LogP contribution in [0.5, 0.6) is 0 Å². The number of hydrogen-bond acceptors (Lipinski definition) is 2. The van der Waals surface area contributed by atoms with Gasteiger partial charge in [0.1, 0.15) is 14.1 Å². The van der Waals surface area contributed by atoms with Crippen LogP contribution in [-0.2, 0) is 9.68 Å². The molecule has 0 N–H and O–H groups in total. The molecule has 3 heteroatoms. The molecule has 0 aliphatic rings. The molecule has 0 spiro atoms. The van der Waals surface area contributed by atoms with Crippen molar-refractivity contribution in [1.29, 1.82) is 0 Å². The highest BCUT2D eigenvalue weighted by molar-refractivity contribution is 3.70. The molecule has 0 atom stereocenters. The Labute approximate surface area is 43.9 Å². The summed E-state index contributed by atoms with van der Waals surface area (Å²) in [5.74, 6) is 0. The monoisotopic (exact) mass is 106 g/mol. The van der Waals surface area contributed by atoms with Crippen LogP contribution in [0.4, 0.5) is 0 Å². The van der Waals surface area contributed by atoms with E-state index in [0.717, 1.165) is 0 Å². The van der Waals surface area contributed by atoms with Gasteiger partial charge < -0.3 is 0 Å². The van der Waals surface area contributed by atoms with Crippen molar-refractivity contribution in [2.45, 2.75) is 0 Å². The molecular weight excluding hydrogens is 94.0 g/mol. The van der Waals surface area contributed by atoms with Gasteiger partial charge in [-0.05, 0) is 4.81 Å². The van der Waals surface area contributed by atoms with Gasteiger partial charge in [-0.1, -0.05) is 0 Å². The van der Waals surface area contributed by atoms with Crippen LogP contribution in [0.2, 0.25) is 0 Å². The van der Waals surface area contributed by atoms with Gasteiger partial charge in [0.15, 0.2) is 0 Å². The Bertz CT molecular complexity index is 47.7. The van der Waals surface area contributed by atoms with E-state index in [0.29, 0.717) is 0 Å². The van der Waals surface area contributed by atoms with Gasteiger partial charge in [-0.25, -0.2) is 0 Å². The van der Waals surface area contributed by atoms with Crippen LogP contribution < -0.4 is 0 Å². The van der Waals surface area contributed by atoms with Crippen LogP contribution in [0.3, 0.4) is 0 Å². The summed E-state index contributed by atoms with van der Waals surface area (Å²) >= 11 is 0. The van der Waals surface area contributed by atoms with Gasteiger partial charge in [0.2, 0.25) is 0 Å². The Morgan fingerprint density at radius 1 is 1.00 bits per heavy atom. The quantitative estimate of drug-likeness (QED) is 0.369. The van der Waals surface area contributed by atoms with E-state index in [1.807, 2.05) is 0 Å². The second kappa shape index (κ2) is 2.26. The molecule has 0 fully saturated rings. The van der Waals surface area contributed by atoms with Gasteiger partial charge in [0.25, 0.3) is 0 Å². The summed E-state index contributed by atoms with van der Waals surface area (Å²) in [6.45, 7) is 0. The molecule has 3 nitrogen and oxygen atoms in total. The molecule has 0 aromatic heterocycles. The second-order valence-electron chi connectivity index (χ2n) is 1.62. The van der Waals surface area contributed by atoms with Crippen molar-refractivity contribution in [3.05, 3.63) is 0 Å². The summed E-state index contributed by atoms with van der Waals surface area (Å²) in [6.07, 6.45) is 0. The molecule has 0 rings (SSSR count). The molecule has 7 heavy (non-hydrogen) atoms. The van der Waals surface area contributed by atoms with Gasteiger partial charge in [-0.15, -0.1) is 0 Å². The average molecular weight is 106 g/mol. The highest BCUT2D eigenvalue weighted by Crippen LogP contribution is 1.92. The Morgan fingerprint density at radius 2 is 1.29 bits per heavy atom. The maximum absolute atomic E-state index is 4.80. The lowest BCUT2D eigenvalue weighted by molar-refractivity contribution is -1.22. The summed E-state index contributed by atoms with van der Waals surface area (Å²) in [7, 11) is 6.76. The van der Waals surface area contributed by atoms with E-state index in [-0.39, 0.29) is 4.81 Å². The van der Waals surface area contributed by atoms with Gasteiger partial charge >= 0.3 is 0 Å². The Hall–Kier alpha value is -0.120. The molecule has 0 aliphatic heterocycles. The molecule has 0 unspecified atom stereocenters. The summed E-state index contributed by atoms with van der Waals surface area (Å²) in [4.78, 5) is 9.74. The topological polar surface area (TPSA) is 18.5 Å². The van der Waals surface area contributed by atoms with Crippen LogP contribution in [0.15, 0.2) is 0 Å². The van der Waals surface area contributed by atoms with E-state index in [4.69, 9.17) is 9.68 Å². The van der Waals surface area contributed by atoms with Crippen molar-refractivity contribution in [1.82, 2.24) is 0 Å². The van der Waals surface area contributed by atoms with Crippen molar-refractivity contribution < 1.29 is 14.5 Å². The van der Waals surface area contributed by atoms with Crippen LogP contribution in [0.25, 0.3) is 0 Å². The van der Waals surface area contributed by atoms with E-state index in [1.165, 1.54) is 0 Å². The zero-order valence-electron chi connectivity index (χ0n) is 5.26. The zero-order chi connectivity index (χ0) is 5.91. The number of nitrogens with zero attached hydrogens (tertiary/aromatic N) is 1. The van der Waals surface area contributed by atoms with Crippen LogP contribution >= 0.6 is 0 Å². The molecule has 0 radical (unpaired) electrons. The molecule has 44 valence electrons. The minimum atomic E-state index is 0.139. The molecular formula is C4H12NO2+. The maximum atomic E-state index is 4.80. The molecule has 0 bridgehead atoms. The Kier molecular flexibility index (Phi) is 2.22. The Morgan fingerprint density at radius 3 is 1.29 bits per heavy atom. The predicted molar refractivity (Wildman–Crippen MR) is 26.1 cm³/mol. The van der Waals surface area contributed by atoms with Crippen molar-refractivity contribution in [2.75, 3.05) is 28.3 Å². The summed E-state index contributed by atoms with van der Waals surface area (Å²) in [5, 5.41) is 0. The van der Waals surface area contributed by atoms with Gasteiger partial charge in [-0.2, -0.15) is 9.68 Å². The van der Waals surface area contributed by atoms with Gasteiger partial charge in [0, 0.05) is 0 Å². The summed E-state index contributed by atoms with van der Waals surface area (Å²) < 4.78 is 0. The van der Waals surface area contributed by atoms with E-state index >= 15 is 0 Å². The Balaban J connectivity index is 3.36. The smallest absolute Gasteiger partial charge is 0.132 e. The van der Waals surface area contributed by atoms with Crippen molar-refractivity contribution in [3.63, 3.8) is 0 Å². The number of rotatable bonds is 2. The molecule has 0 aromatic rings. The van der Waals surface area contributed by atoms with Crippen LogP contribution in [-0.4, -0.2) is 33.1 Å². The summed E-state index contributed by atoms with van der Waals surface area (Å²) in [6, 6.07) is 0. The lowest BCUT2D eigenvalue weighted by Crippen LogP contribution is -2.36. The number of hydroxylamine groups is 4. The highest BCUT2D eigenvalue weighted by Gasteiger charge is 2.10. The normalized spacial score (nSPS) is 12.0. The second-order valence-corrected chi connectivity index (χ2v) is 1.62. The third-order valence-corrected chi connectivity index (χ3v) is 0.879. The molecule has 0 amide bonds. The van der Waals surface area contributed by atoms with Gasteiger partial charge in [0.05, 0.1) is 14.2 Å². The summed E-state index contributed by atoms with van der Waals surface area (Å²) in [5.41, 5.74) is 0. The largest absolute Gasteiger partial charge is 0.172 e. The first-order valence-corrected chi connectivity index (χ1v) is 2.08. The maximum Gasteiger partial charge on any atom is 0.132 e. The highest BCUT2D eigenvalue weighted by atomic mass is 17.0. The van der Waals surface area contributed by atoms with E-state index < -0.39 is 0 Å². The van der Waals surface area contributed by atoms with Crippen LogP contribution in [0.1, 0.15) is 0 Å². The molecule has 0 aliphatic carbocycles. The van der Waals surface area contributed by atoms with Gasteiger partial charge in [-0.3, -0.25) is 0 Å². The first kappa shape index (κ1) is 6.88. The van der Waals surface area contributed by atoms with E-state index in [2.05, 4.69) is 0 Å². The molecule has 0 saturated heterocycles. The lowest BCUT2D eigenvalue weighted by Gasteiger charge is -2.18. The molecule has 0 saturated carbocycles. The number of quaternary nitrogens is 1. The van der Waals surface area contributed by atoms with Crippen molar-refractivity contribution >= 4 is 0 Å². The lowest BCUT2D eigenvalue weighted by atomic mass is 11.1. The minimum absolute atomic E-state index is 0.139. The van der Waals surface area contributed by atoms with Crippen molar-refractivity contribution in [3.8, 4) is 0 Å². The fraction of sp³-hybridized carbons (Fsp3) is 1.00. The van der Waals surface area contributed by atoms with E-state index in [1.54, 1.807) is 28.3 Å². The molecule has 0 aromatic carbocycles. The number of hydrogen-bond donors (Lipinski definition) is 0. The van der Waals surface area contributed by atoms with E-state index in [9.17, 15) is 0 Å². The zero-order valence-corrected chi connectivity index (χ0v) is 5.26. The first-order chi connectivity index (χ1) is 3.12. The third-order valence-electron chi connectivity index (χ3n) is 0.879. The first-order valence-electron chi connectivity index (χ1n) is 2.08. The van der Waals surface area contributed by atoms with Crippen molar-refractivity contribution in [2.24, 2.45) is 0 Å². The third kappa shape index (κ3) is 2.56. The molecule has 0 heterocycles. The standard InChI is InChI=1S/C4H12NO2/c1-5(2,6-3)7-4/h1-4H3/q+1. The SMILES string of the molecule is CO[N+](C)(C)OC. The minimum Gasteiger partial charge on any atom is -0.172 e. The average Bonchev–Trinajstić information content (AvgIpc) is 1.68.